The van der Waals surface area contributed by atoms with Crippen molar-refractivity contribution in [3.63, 3.8) is 0 Å². The van der Waals surface area contributed by atoms with Crippen LogP contribution in [0.3, 0.4) is 0 Å². The largest absolute Gasteiger partial charge is 0.426 e. The second-order valence-electron chi connectivity index (χ2n) is 5.60. The lowest BCUT2D eigenvalue weighted by Crippen LogP contribution is -2.41. The van der Waals surface area contributed by atoms with Crippen LogP contribution >= 0.6 is 0 Å². The van der Waals surface area contributed by atoms with Gasteiger partial charge >= 0.3 is 0 Å². The Balaban J connectivity index is 1.39. The van der Waals surface area contributed by atoms with Gasteiger partial charge in [-0.3, -0.25) is 4.79 Å². The van der Waals surface area contributed by atoms with Crippen LogP contribution in [0.1, 0.15) is 22.8 Å². The number of amides is 1. The molecule has 1 N–H and O–H groups in total. The Morgan fingerprint density at radius 2 is 2.12 bits per heavy atom. The number of furan rings is 1. The van der Waals surface area contributed by atoms with Gasteiger partial charge in [-0.2, -0.15) is 5.10 Å². The second-order valence-corrected chi connectivity index (χ2v) is 5.60. The number of hydrogen-bond acceptors (Lipinski definition) is 5. The number of aryl methyl sites for hydroxylation is 1. The van der Waals surface area contributed by atoms with Gasteiger partial charge in [0.15, 0.2) is 5.76 Å². The lowest BCUT2D eigenvalue weighted by molar-refractivity contribution is 0.0893. The number of rotatable bonds is 4. The SMILES string of the molecule is O=C(NC1CCc2ncnn2C1)c1ccc(Oc2ccccc2)o1. The number of fused-ring (bicyclic) bond motifs is 1. The lowest BCUT2D eigenvalue weighted by Gasteiger charge is -2.23. The van der Waals surface area contributed by atoms with Crippen LogP contribution in [0.15, 0.2) is 53.2 Å². The summed E-state index contributed by atoms with van der Waals surface area (Å²) in [5, 5.41) is 7.11. The van der Waals surface area contributed by atoms with Crippen LogP contribution < -0.4 is 10.1 Å². The van der Waals surface area contributed by atoms with Crippen LogP contribution in [0, 0.1) is 0 Å². The maximum absolute atomic E-state index is 12.3. The lowest BCUT2D eigenvalue weighted by atomic mass is 10.1. The molecule has 24 heavy (non-hydrogen) atoms. The zero-order valence-electron chi connectivity index (χ0n) is 12.9. The molecule has 1 aromatic carbocycles. The first-order chi connectivity index (χ1) is 11.8. The van der Waals surface area contributed by atoms with Gasteiger partial charge in [-0.05, 0) is 24.6 Å². The fraction of sp³-hybridized carbons (Fsp3) is 0.235. The van der Waals surface area contributed by atoms with Crippen molar-refractivity contribution >= 4 is 5.91 Å². The highest BCUT2D eigenvalue weighted by Gasteiger charge is 2.23. The third-order valence-electron chi connectivity index (χ3n) is 3.91. The van der Waals surface area contributed by atoms with E-state index >= 15 is 0 Å². The van der Waals surface area contributed by atoms with Gasteiger partial charge in [0.2, 0.25) is 0 Å². The van der Waals surface area contributed by atoms with Crippen LogP contribution in [0.4, 0.5) is 0 Å². The van der Waals surface area contributed by atoms with Crippen LogP contribution in [0.25, 0.3) is 0 Å². The molecule has 1 aliphatic rings. The van der Waals surface area contributed by atoms with Crippen molar-refractivity contribution in [2.75, 3.05) is 0 Å². The zero-order valence-corrected chi connectivity index (χ0v) is 12.9. The minimum atomic E-state index is -0.258. The molecule has 7 nitrogen and oxygen atoms in total. The molecular formula is C17H16N4O3. The van der Waals surface area contributed by atoms with Gasteiger partial charge in [0.05, 0.1) is 6.54 Å². The van der Waals surface area contributed by atoms with Gasteiger partial charge in [0, 0.05) is 18.5 Å². The summed E-state index contributed by atoms with van der Waals surface area (Å²) in [6.45, 7) is 0.620. The maximum atomic E-state index is 12.3. The number of hydrogen-bond donors (Lipinski definition) is 1. The number of carbonyl (C=O) groups is 1. The first-order valence-corrected chi connectivity index (χ1v) is 7.78. The number of carbonyl (C=O) groups excluding carboxylic acids is 1. The molecule has 122 valence electrons. The van der Waals surface area contributed by atoms with E-state index in [2.05, 4.69) is 15.4 Å². The summed E-state index contributed by atoms with van der Waals surface area (Å²) in [6.07, 6.45) is 3.17. The molecule has 4 rings (SSSR count). The van der Waals surface area contributed by atoms with Crippen LogP contribution in [-0.4, -0.2) is 26.7 Å². The van der Waals surface area contributed by atoms with Crippen LogP contribution in [-0.2, 0) is 13.0 Å². The Hall–Kier alpha value is -3.09. The predicted molar refractivity (Wildman–Crippen MR) is 84.8 cm³/mol. The van der Waals surface area contributed by atoms with Crippen molar-refractivity contribution in [2.45, 2.75) is 25.4 Å². The van der Waals surface area contributed by atoms with Gasteiger partial charge in [-0.25, -0.2) is 9.67 Å². The molecular weight excluding hydrogens is 308 g/mol. The van der Waals surface area contributed by atoms with E-state index in [-0.39, 0.29) is 23.7 Å². The first-order valence-electron chi connectivity index (χ1n) is 7.78. The summed E-state index contributed by atoms with van der Waals surface area (Å²) in [5.74, 6) is 1.87. The minimum Gasteiger partial charge on any atom is -0.426 e. The molecule has 3 aromatic rings. The molecule has 1 unspecified atom stereocenters. The normalized spacial score (nSPS) is 16.4. The predicted octanol–water partition coefficient (Wildman–Crippen LogP) is 2.41. The average Bonchev–Trinajstić information content (AvgIpc) is 3.24. The summed E-state index contributed by atoms with van der Waals surface area (Å²) in [5.41, 5.74) is 0. The number of aromatic nitrogens is 3. The van der Waals surface area contributed by atoms with E-state index in [1.54, 1.807) is 18.5 Å². The smallest absolute Gasteiger partial charge is 0.290 e. The third-order valence-corrected chi connectivity index (χ3v) is 3.91. The van der Waals surface area contributed by atoms with Crippen molar-refractivity contribution in [1.82, 2.24) is 20.1 Å². The highest BCUT2D eigenvalue weighted by molar-refractivity contribution is 5.91. The Morgan fingerprint density at radius 1 is 1.25 bits per heavy atom. The maximum Gasteiger partial charge on any atom is 0.290 e. The molecule has 1 atom stereocenters. The highest BCUT2D eigenvalue weighted by atomic mass is 16.6. The number of benzene rings is 1. The molecule has 1 aliphatic heterocycles. The first kappa shape index (κ1) is 14.5. The Labute approximate surface area is 138 Å². The molecule has 3 heterocycles. The van der Waals surface area contributed by atoms with Crippen molar-refractivity contribution < 1.29 is 13.9 Å². The monoisotopic (exact) mass is 324 g/mol. The molecule has 1 amide bonds. The van der Waals surface area contributed by atoms with Gasteiger partial charge in [0.25, 0.3) is 11.9 Å². The summed E-state index contributed by atoms with van der Waals surface area (Å²) < 4.78 is 12.9. The molecule has 2 aromatic heterocycles. The fourth-order valence-corrected chi connectivity index (χ4v) is 2.71. The third kappa shape index (κ3) is 3.01. The van der Waals surface area contributed by atoms with Crippen LogP contribution in [0.2, 0.25) is 0 Å². The average molecular weight is 324 g/mol. The van der Waals surface area contributed by atoms with E-state index in [1.807, 2.05) is 35.0 Å². The summed E-state index contributed by atoms with van der Waals surface area (Å²) in [6, 6.07) is 12.5. The Kier molecular flexibility index (Phi) is 3.74. The molecule has 0 aliphatic carbocycles. The minimum absolute atomic E-state index is 0.00953. The Morgan fingerprint density at radius 3 is 3.00 bits per heavy atom. The van der Waals surface area contributed by atoms with Gasteiger partial charge in [-0.1, -0.05) is 18.2 Å². The zero-order chi connectivity index (χ0) is 16.4. The van der Waals surface area contributed by atoms with Crippen molar-refractivity contribution in [3.8, 4) is 11.7 Å². The van der Waals surface area contributed by atoms with E-state index in [9.17, 15) is 4.79 Å². The molecule has 0 fully saturated rings. The van der Waals surface area contributed by atoms with E-state index in [4.69, 9.17) is 9.15 Å². The molecule has 0 radical (unpaired) electrons. The fourth-order valence-electron chi connectivity index (χ4n) is 2.71. The number of para-hydroxylation sites is 1. The van der Waals surface area contributed by atoms with Crippen molar-refractivity contribution in [1.29, 1.82) is 0 Å². The van der Waals surface area contributed by atoms with E-state index in [1.165, 1.54) is 0 Å². The topological polar surface area (TPSA) is 82.2 Å². The van der Waals surface area contributed by atoms with Crippen molar-refractivity contribution in [2.24, 2.45) is 0 Å². The molecule has 0 saturated carbocycles. The highest BCUT2D eigenvalue weighted by Crippen LogP contribution is 2.23. The van der Waals surface area contributed by atoms with E-state index in [0.29, 0.717) is 12.3 Å². The van der Waals surface area contributed by atoms with Crippen LogP contribution in [0.5, 0.6) is 11.7 Å². The molecule has 0 saturated heterocycles. The summed E-state index contributed by atoms with van der Waals surface area (Å²) in [4.78, 5) is 16.5. The quantitative estimate of drug-likeness (QED) is 0.797. The molecule has 0 spiro atoms. The molecule has 7 heteroatoms. The van der Waals surface area contributed by atoms with E-state index in [0.717, 1.165) is 18.7 Å². The standard InChI is InChI=1S/C17H16N4O3/c22-17(20-12-6-8-15-18-11-19-21(15)10-12)14-7-9-16(24-14)23-13-4-2-1-3-5-13/h1-5,7,9,11-12H,6,8,10H2,(H,20,22). The summed E-state index contributed by atoms with van der Waals surface area (Å²) >= 11 is 0. The Bertz CT molecular complexity index is 840. The van der Waals surface area contributed by atoms with E-state index < -0.39 is 0 Å². The number of nitrogens with zero attached hydrogens (tertiary/aromatic N) is 3. The second kappa shape index (κ2) is 6.19. The van der Waals surface area contributed by atoms with Gasteiger partial charge in [0.1, 0.15) is 17.9 Å². The number of nitrogens with one attached hydrogen (secondary N) is 1. The molecule has 0 bridgehead atoms. The van der Waals surface area contributed by atoms with Gasteiger partial charge in [-0.15, -0.1) is 0 Å². The van der Waals surface area contributed by atoms with Gasteiger partial charge < -0.3 is 14.5 Å². The van der Waals surface area contributed by atoms with Crippen molar-refractivity contribution in [3.05, 3.63) is 60.4 Å². The summed E-state index contributed by atoms with van der Waals surface area (Å²) in [7, 11) is 0. The number of ether oxygens (including phenoxy) is 1.